The van der Waals surface area contributed by atoms with Gasteiger partial charge in [0.25, 0.3) is 11.1 Å². The normalized spacial score (nSPS) is 13.0. The molecule has 0 aliphatic rings. The summed E-state index contributed by atoms with van der Waals surface area (Å²) in [5.74, 6) is 0.0115. The molecule has 0 aliphatic carbocycles. The molecule has 7 nitrogen and oxygen atoms in total. The molecular weight excluding hydrogens is 688 g/mol. The Hall–Kier alpha value is -4.43. The minimum absolute atomic E-state index is 0.0115. The van der Waals surface area contributed by atoms with Gasteiger partial charge in [0.2, 0.25) is 5.88 Å². The van der Waals surface area contributed by atoms with Crippen LogP contribution in [0, 0.1) is 6.92 Å². The second-order valence-electron chi connectivity index (χ2n) is 15.5. The van der Waals surface area contributed by atoms with Crippen LogP contribution in [0.1, 0.15) is 84.9 Å². The molecule has 0 spiro atoms. The summed E-state index contributed by atoms with van der Waals surface area (Å²) < 4.78 is 3.66. The maximum absolute atomic E-state index is 14.4. The molecule has 0 bridgehead atoms. The molecule has 6 rings (SSSR count). The summed E-state index contributed by atoms with van der Waals surface area (Å²) >= 11 is 3.84. The largest absolute Gasteiger partial charge is 0.494 e. The number of nitrogens with one attached hydrogen (secondary N) is 1. The monoisotopic (exact) mass is 734 g/mol. The number of benzene rings is 4. The summed E-state index contributed by atoms with van der Waals surface area (Å²) in [6.45, 7) is 24.2. The van der Waals surface area contributed by atoms with E-state index in [1.54, 1.807) is 0 Å². The van der Waals surface area contributed by atoms with Gasteiger partial charge in [-0.1, -0.05) is 86.2 Å². The number of rotatable bonds is 7. The van der Waals surface area contributed by atoms with Gasteiger partial charge in [-0.25, -0.2) is 4.99 Å². The molecule has 0 fully saturated rings. The van der Waals surface area contributed by atoms with Gasteiger partial charge in [0, 0.05) is 40.3 Å². The minimum Gasteiger partial charge on any atom is -0.494 e. The van der Waals surface area contributed by atoms with Crippen LogP contribution >= 0.6 is 15.9 Å². The van der Waals surface area contributed by atoms with Crippen molar-refractivity contribution in [3.05, 3.63) is 101 Å². The maximum atomic E-state index is 14.4. The average Bonchev–Trinajstić information content (AvgIpc) is 3.05. The first kappa shape index (κ1) is 35.4. The van der Waals surface area contributed by atoms with Gasteiger partial charge in [-0.15, -0.1) is 0 Å². The van der Waals surface area contributed by atoms with Crippen molar-refractivity contribution in [1.29, 1.82) is 0 Å². The highest BCUT2D eigenvalue weighted by molar-refractivity contribution is 9.10. The number of aromatic hydroxyl groups is 1. The Morgan fingerprint density at radius 1 is 0.780 bits per heavy atom. The molecule has 0 atom stereocenters. The molecule has 0 amide bonds. The van der Waals surface area contributed by atoms with Gasteiger partial charge in [0.15, 0.2) is 0 Å². The number of halogens is 1. The van der Waals surface area contributed by atoms with E-state index in [1.807, 2.05) is 42.7 Å². The van der Waals surface area contributed by atoms with E-state index in [-0.39, 0.29) is 34.4 Å². The summed E-state index contributed by atoms with van der Waals surface area (Å²) in [4.78, 5) is 34.1. The molecule has 2 aromatic heterocycles. The van der Waals surface area contributed by atoms with Crippen molar-refractivity contribution in [2.75, 3.05) is 5.32 Å². The number of hydrogen-bond donors (Lipinski definition) is 2. The number of nitrogens with zero attached hydrogens (tertiary/aromatic N) is 3. The fraction of sp³-hybridized carbons (Fsp3) is 0.357. The van der Waals surface area contributed by atoms with Crippen molar-refractivity contribution in [3.8, 4) is 5.88 Å². The van der Waals surface area contributed by atoms with E-state index in [4.69, 9.17) is 4.99 Å². The topological polar surface area (TPSA) is 88.6 Å². The van der Waals surface area contributed by atoms with Crippen LogP contribution in [-0.4, -0.2) is 14.2 Å². The van der Waals surface area contributed by atoms with Crippen LogP contribution in [0.5, 0.6) is 5.88 Å². The smallest absolute Gasteiger partial charge is 0.262 e. The van der Waals surface area contributed by atoms with Gasteiger partial charge in [-0.05, 0) is 87.5 Å². The van der Waals surface area contributed by atoms with E-state index in [2.05, 4.69) is 101 Å². The average molecular weight is 736 g/mol. The lowest BCUT2D eigenvalue weighted by atomic mass is 9.87. The van der Waals surface area contributed by atoms with E-state index >= 15 is 0 Å². The third kappa shape index (κ3) is 5.71. The molecule has 260 valence electrons. The highest BCUT2D eigenvalue weighted by atomic mass is 79.9. The Kier molecular flexibility index (Phi) is 9.00. The van der Waals surface area contributed by atoms with E-state index in [1.165, 1.54) is 4.57 Å². The van der Waals surface area contributed by atoms with Crippen molar-refractivity contribution in [3.63, 3.8) is 0 Å². The predicted octanol–water partition coefficient (Wildman–Crippen LogP) is 9.20. The lowest BCUT2D eigenvalue weighted by Crippen LogP contribution is -2.36. The molecule has 0 saturated carbocycles. The van der Waals surface area contributed by atoms with E-state index in [0.29, 0.717) is 71.7 Å². The number of hydrogen-bond acceptors (Lipinski definition) is 5. The van der Waals surface area contributed by atoms with Crippen LogP contribution < -0.4 is 27.1 Å². The molecule has 2 heterocycles. The first-order chi connectivity index (χ1) is 23.5. The zero-order chi connectivity index (χ0) is 36.4. The third-order valence-electron chi connectivity index (χ3n) is 9.76. The summed E-state index contributed by atoms with van der Waals surface area (Å²) in [7, 11) is 0. The first-order valence-electron chi connectivity index (χ1n) is 17.5. The molecular formula is C42H47BrN4O3. The lowest BCUT2D eigenvalue weighted by Gasteiger charge is -2.24. The van der Waals surface area contributed by atoms with Crippen molar-refractivity contribution < 1.29 is 5.11 Å². The number of anilines is 2. The van der Waals surface area contributed by atoms with Gasteiger partial charge in [-0.3, -0.25) is 14.2 Å². The lowest BCUT2D eigenvalue weighted by molar-refractivity contribution is 0.414. The Morgan fingerprint density at radius 3 is 1.96 bits per heavy atom. The molecule has 2 N–H and O–H groups in total. The molecule has 50 heavy (non-hydrogen) atoms. The third-order valence-corrected chi connectivity index (χ3v) is 10.6. The van der Waals surface area contributed by atoms with Crippen LogP contribution in [0.2, 0.25) is 0 Å². The molecule has 4 aromatic carbocycles. The van der Waals surface area contributed by atoms with E-state index in [9.17, 15) is 14.7 Å². The molecule has 0 radical (unpaired) electrons. The molecule has 0 unspecified atom stereocenters. The summed E-state index contributed by atoms with van der Waals surface area (Å²) in [6.07, 6.45) is 1.36. The van der Waals surface area contributed by atoms with E-state index < -0.39 is 0 Å². The highest BCUT2D eigenvalue weighted by Crippen LogP contribution is 2.46. The second kappa shape index (κ2) is 12.7. The molecule has 0 aliphatic heterocycles. The van der Waals surface area contributed by atoms with E-state index in [0.717, 1.165) is 28.9 Å². The summed E-state index contributed by atoms with van der Waals surface area (Å²) in [6, 6.07) is 16.3. The minimum atomic E-state index is -0.372. The molecule has 0 saturated heterocycles. The van der Waals surface area contributed by atoms with Crippen LogP contribution in [0.25, 0.3) is 38.9 Å². The molecule has 8 heteroatoms. The van der Waals surface area contributed by atoms with Crippen molar-refractivity contribution in [2.45, 2.75) is 99.1 Å². The predicted molar refractivity (Wildman–Crippen MR) is 213 cm³/mol. The van der Waals surface area contributed by atoms with Gasteiger partial charge in [-0.2, -0.15) is 0 Å². The number of aryl methyl sites for hydroxylation is 1. The second-order valence-corrected chi connectivity index (χ2v) is 16.3. The Labute approximate surface area is 301 Å². The maximum Gasteiger partial charge on any atom is 0.262 e. The Balaban J connectivity index is 1.91. The summed E-state index contributed by atoms with van der Waals surface area (Å²) in [5.41, 5.74) is 4.12. The van der Waals surface area contributed by atoms with Crippen molar-refractivity contribution >= 4 is 71.9 Å². The highest BCUT2D eigenvalue weighted by Gasteiger charge is 2.29. The van der Waals surface area contributed by atoms with Crippen LogP contribution in [0.15, 0.2) is 67.6 Å². The first-order valence-corrected chi connectivity index (χ1v) is 18.2. The Morgan fingerprint density at radius 2 is 1.34 bits per heavy atom. The quantitative estimate of drug-likeness (QED) is 0.160. The van der Waals surface area contributed by atoms with Crippen LogP contribution in [0.3, 0.4) is 0 Å². The summed E-state index contributed by atoms with van der Waals surface area (Å²) in [5, 5.41) is 20.1. The standard InChI is InChI=1S/C42H47BrN4O3/c1-11-19-46-24(4)30-32-31-29(23(3)36(30)44-27-17-13-15-25(21-27)41(5,6)7)38(48)47(20-12-2)39(49)33(31)35(43)37(34(32)40(46)50)45-28-18-14-16-26(22-28)42(8,9)10/h13-18,21-22,45,50H,4,11-12,19-20H2,1-3,5-10H3. The number of aromatic nitrogens is 2. The molecule has 6 aromatic rings. The van der Waals surface area contributed by atoms with Gasteiger partial charge >= 0.3 is 0 Å². The van der Waals surface area contributed by atoms with Crippen LogP contribution in [0.4, 0.5) is 17.1 Å². The fourth-order valence-electron chi connectivity index (χ4n) is 7.09. The zero-order valence-corrected chi connectivity index (χ0v) is 32.2. The van der Waals surface area contributed by atoms with Crippen molar-refractivity contribution in [1.82, 2.24) is 9.13 Å². The van der Waals surface area contributed by atoms with Gasteiger partial charge in [0.1, 0.15) is 0 Å². The van der Waals surface area contributed by atoms with Crippen LogP contribution in [-0.2, 0) is 23.9 Å². The SMILES string of the molecule is C=c1c2c(=Nc3cccc(C(C)(C)C)c3)c(C)c3c(=O)n(CCC)c(=O)c4c(Br)c(Nc5cccc(C(C)(C)C)c5)c(c(O)n1CCC)c2c43. The van der Waals surface area contributed by atoms with Gasteiger partial charge in [0.05, 0.1) is 37.4 Å². The van der Waals surface area contributed by atoms with Gasteiger partial charge < -0.3 is 15.0 Å². The zero-order valence-electron chi connectivity index (χ0n) is 30.6. The van der Waals surface area contributed by atoms with Crippen molar-refractivity contribution in [2.24, 2.45) is 4.99 Å². The number of pyridine rings is 2. The fourth-order valence-corrected chi connectivity index (χ4v) is 7.76. The Bertz CT molecular complexity index is 2550.